The van der Waals surface area contributed by atoms with Crippen molar-refractivity contribution in [1.82, 2.24) is 6.15 Å². The van der Waals surface area contributed by atoms with Gasteiger partial charge in [-0.25, -0.2) is 0 Å². The van der Waals surface area contributed by atoms with Crippen molar-refractivity contribution in [2.75, 3.05) is 22.9 Å². The third-order valence-corrected chi connectivity index (χ3v) is 2.54. The third-order valence-electron chi connectivity index (χ3n) is 2.54. The number of hydrogen-bond donors (Lipinski definition) is 7. The van der Waals surface area contributed by atoms with Gasteiger partial charge in [-0.2, -0.15) is 8.42 Å². The third kappa shape index (κ3) is 7.68. The molecule has 0 spiro atoms. The second kappa shape index (κ2) is 9.18. The van der Waals surface area contributed by atoms with Crippen LogP contribution in [0.15, 0.2) is 36.4 Å². The van der Waals surface area contributed by atoms with Gasteiger partial charge < -0.3 is 29.1 Å². The fraction of sp³-hybridized carbons (Fsp3) is 0. The molecule has 2 aromatic carbocycles. The van der Waals surface area contributed by atoms with Crippen LogP contribution in [-0.2, 0) is 26.9 Å². The molecule has 2 rings (SSSR count). The van der Waals surface area contributed by atoms with Gasteiger partial charge in [0.05, 0.1) is 17.1 Å². The molecule has 0 atom stereocenters. The van der Waals surface area contributed by atoms with Crippen LogP contribution in [-0.4, -0.2) is 17.5 Å². The molecule has 0 amide bonds. The normalized spacial score (nSPS) is 9.65. The summed E-state index contributed by atoms with van der Waals surface area (Å²) in [6, 6.07) is 11.0. The van der Waals surface area contributed by atoms with E-state index >= 15 is 0 Å². The summed E-state index contributed by atoms with van der Waals surface area (Å²) in [4.78, 5) is 0. The van der Waals surface area contributed by atoms with Crippen LogP contribution in [0.25, 0.3) is 11.1 Å². The van der Waals surface area contributed by atoms with Gasteiger partial charge in [0.2, 0.25) is 0 Å². The maximum Gasteiger partial charge on any atom is 0.394 e. The predicted molar refractivity (Wildman–Crippen MR) is 88.7 cm³/mol. The average molecular weight is 388 g/mol. The summed E-state index contributed by atoms with van der Waals surface area (Å²) in [5.74, 6) is 0. The zero-order valence-corrected chi connectivity index (χ0v) is 13.7. The number of anilines is 4. The molecule has 23 heavy (non-hydrogen) atoms. The monoisotopic (exact) mass is 387 g/mol. The molecule has 0 radical (unpaired) electrons. The first-order valence-corrected chi connectivity index (χ1v) is 6.98. The van der Waals surface area contributed by atoms with Crippen LogP contribution in [0, 0.1) is 0 Å². The van der Waals surface area contributed by atoms with Crippen LogP contribution in [0.4, 0.5) is 22.7 Å². The molecule has 0 aliphatic heterocycles. The molecule has 9 nitrogen and oxygen atoms in total. The van der Waals surface area contributed by atoms with E-state index in [0.717, 1.165) is 11.1 Å². The van der Waals surface area contributed by atoms with Crippen LogP contribution < -0.4 is 29.1 Å². The smallest absolute Gasteiger partial charge is 0.394 e. The fourth-order valence-electron chi connectivity index (χ4n) is 1.57. The molecule has 132 valence electrons. The van der Waals surface area contributed by atoms with Crippen molar-refractivity contribution < 1.29 is 34.0 Å². The van der Waals surface area contributed by atoms with Gasteiger partial charge in [0.1, 0.15) is 0 Å². The van der Waals surface area contributed by atoms with Crippen LogP contribution >= 0.6 is 0 Å². The number of rotatable bonds is 1. The molecule has 0 aliphatic rings. The van der Waals surface area contributed by atoms with E-state index in [-0.39, 0.29) is 22.6 Å². The Hall–Kier alpha value is -2.04. The van der Waals surface area contributed by atoms with Gasteiger partial charge in [0, 0.05) is 27.7 Å². The Morgan fingerprint density at radius 3 is 1.65 bits per heavy atom. The zero-order valence-electron chi connectivity index (χ0n) is 11.9. The molecule has 0 saturated heterocycles. The summed E-state index contributed by atoms with van der Waals surface area (Å²) in [6.45, 7) is 0. The van der Waals surface area contributed by atoms with E-state index in [0.29, 0.717) is 22.7 Å². The summed E-state index contributed by atoms with van der Waals surface area (Å²) >= 11 is 0. The largest absolute Gasteiger partial charge is 0.399 e. The molecular weight excluding hydrogens is 369 g/mol. The van der Waals surface area contributed by atoms with Crippen LogP contribution in [0.1, 0.15) is 0 Å². The summed E-state index contributed by atoms with van der Waals surface area (Å²) < 4.78 is 31.6. The average Bonchev–Trinajstić information content (AvgIpc) is 2.36. The van der Waals surface area contributed by atoms with Crippen LogP contribution in [0.2, 0.25) is 0 Å². The second-order valence-electron chi connectivity index (χ2n) is 4.10. The van der Waals surface area contributed by atoms with E-state index < -0.39 is 10.4 Å². The van der Waals surface area contributed by atoms with E-state index in [1.165, 1.54) is 0 Å². The van der Waals surface area contributed by atoms with Gasteiger partial charge in [-0.3, -0.25) is 9.11 Å². The van der Waals surface area contributed by atoms with E-state index in [1.54, 1.807) is 6.07 Å². The summed E-state index contributed by atoms with van der Waals surface area (Å²) in [5, 5.41) is 0. The van der Waals surface area contributed by atoms with Gasteiger partial charge in [0.25, 0.3) is 0 Å². The Labute approximate surface area is 144 Å². The first kappa shape index (κ1) is 23.2. The van der Waals surface area contributed by atoms with Crippen molar-refractivity contribution in [3.63, 3.8) is 0 Å². The summed E-state index contributed by atoms with van der Waals surface area (Å²) in [7, 11) is -4.67. The van der Waals surface area contributed by atoms with Crippen LogP contribution in [0.5, 0.6) is 0 Å². The second-order valence-corrected chi connectivity index (χ2v) is 5.00. The van der Waals surface area contributed by atoms with Crippen molar-refractivity contribution in [2.45, 2.75) is 0 Å². The van der Waals surface area contributed by atoms with E-state index in [9.17, 15) is 0 Å². The standard InChI is InChI=1S/C12H14N4.H3N.Ni.H2O4S/c13-8-3-1-7(2-4-8)9-5-6-10(14)12(16)11(9)15;;;1-5(2,3)4/h1-6H,13-16H2;1H3;;(H2,1,2,3,4). The Morgan fingerprint density at radius 1 is 0.783 bits per heavy atom. The topological polar surface area (TPSA) is 214 Å². The zero-order chi connectivity index (χ0) is 16.2. The Balaban J connectivity index is 0. The predicted octanol–water partition coefficient (Wildman–Crippen LogP) is 1.19. The number of hydrogen-bond acceptors (Lipinski definition) is 7. The van der Waals surface area contributed by atoms with E-state index in [1.807, 2.05) is 30.3 Å². The Kier molecular flexibility index (Phi) is 9.27. The van der Waals surface area contributed by atoms with E-state index in [2.05, 4.69) is 0 Å². The minimum atomic E-state index is -4.67. The van der Waals surface area contributed by atoms with Gasteiger partial charge in [-0.05, 0) is 23.8 Å². The van der Waals surface area contributed by atoms with E-state index in [4.69, 9.17) is 40.5 Å². The minimum absolute atomic E-state index is 0. The van der Waals surface area contributed by atoms with Gasteiger partial charge in [0.15, 0.2) is 0 Å². The number of nitrogen functional groups attached to an aromatic ring is 4. The molecule has 0 aliphatic carbocycles. The maximum absolute atomic E-state index is 8.74. The van der Waals surface area contributed by atoms with Gasteiger partial charge in [-0.1, -0.05) is 18.2 Å². The van der Waals surface area contributed by atoms with Crippen molar-refractivity contribution in [3.8, 4) is 11.1 Å². The van der Waals surface area contributed by atoms with Gasteiger partial charge in [-0.15, -0.1) is 0 Å². The van der Waals surface area contributed by atoms with Crippen molar-refractivity contribution in [1.29, 1.82) is 0 Å². The molecule has 0 heterocycles. The van der Waals surface area contributed by atoms with Gasteiger partial charge >= 0.3 is 10.4 Å². The minimum Gasteiger partial charge on any atom is -0.399 e. The molecule has 2 aromatic rings. The fourth-order valence-corrected chi connectivity index (χ4v) is 1.57. The summed E-state index contributed by atoms with van der Waals surface area (Å²) in [6.07, 6.45) is 0. The van der Waals surface area contributed by atoms with Crippen LogP contribution in [0.3, 0.4) is 0 Å². The maximum atomic E-state index is 8.74. The SMILES string of the molecule is N.Nc1ccc(-c2ccc(N)c(N)c2N)cc1.O=S(=O)(O)O.[Ni]. The van der Waals surface area contributed by atoms with Crippen molar-refractivity contribution >= 4 is 33.1 Å². The summed E-state index contributed by atoms with van der Waals surface area (Å²) in [5.41, 5.74) is 27.0. The molecule has 0 bridgehead atoms. The molecular formula is C12H19N5NiO4S. The molecule has 0 aromatic heterocycles. The first-order chi connectivity index (χ1) is 9.59. The quantitative estimate of drug-likeness (QED) is 0.212. The number of benzene rings is 2. The number of nitrogens with two attached hydrogens (primary N) is 4. The Morgan fingerprint density at radius 2 is 1.22 bits per heavy atom. The van der Waals surface area contributed by atoms with Crippen molar-refractivity contribution in [3.05, 3.63) is 36.4 Å². The van der Waals surface area contributed by atoms with Crippen molar-refractivity contribution in [2.24, 2.45) is 0 Å². The first-order valence-electron chi connectivity index (χ1n) is 5.59. The molecule has 0 saturated carbocycles. The molecule has 11 heteroatoms. The molecule has 0 unspecified atom stereocenters. The molecule has 13 N–H and O–H groups in total. The molecule has 0 fully saturated rings. The Bertz CT molecular complexity index is 730.